The van der Waals surface area contributed by atoms with E-state index >= 15 is 0 Å². The molecular weight excluding hydrogens is 248 g/mol. The van der Waals surface area contributed by atoms with Gasteiger partial charge in [-0.25, -0.2) is 0 Å². The Hall–Kier alpha value is -0.770. The number of nitrogens with zero attached hydrogens (tertiary/aromatic N) is 1. The molecule has 1 unspecified atom stereocenters. The number of halogens is 1. The highest BCUT2D eigenvalue weighted by atomic mass is 35.5. The maximum Gasteiger partial charge on any atom is 0.0642 e. The molecule has 4 heteroatoms. The first-order chi connectivity index (χ1) is 8.60. The summed E-state index contributed by atoms with van der Waals surface area (Å²) < 4.78 is 5.06. The van der Waals surface area contributed by atoms with Crippen molar-refractivity contribution in [3.05, 3.63) is 28.8 Å². The number of anilines is 1. The molecular formula is C14H23ClN2O. The monoisotopic (exact) mass is 270 g/mol. The van der Waals surface area contributed by atoms with E-state index in [9.17, 15) is 0 Å². The van der Waals surface area contributed by atoms with Gasteiger partial charge in [0.1, 0.15) is 0 Å². The Labute approximate surface area is 115 Å². The Morgan fingerprint density at radius 1 is 1.44 bits per heavy atom. The molecule has 0 amide bonds. The first-order valence-corrected chi connectivity index (χ1v) is 6.64. The summed E-state index contributed by atoms with van der Waals surface area (Å²) in [6.07, 6.45) is 0.998. The summed E-state index contributed by atoms with van der Waals surface area (Å²) >= 11 is 6.34. The van der Waals surface area contributed by atoms with Crippen LogP contribution in [-0.4, -0.2) is 34.4 Å². The summed E-state index contributed by atoms with van der Waals surface area (Å²) in [4.78, 5) is 2.16. The Balaban J connectivity index is 2.72. The topological polar surface area (TPSA) is 24.5 Å². The number of nitrogens with one attached hydrogen (secondary N) is 1. The Morgan fingerprint density at radius 2 is 2.17 bits per heavy atom. The van der Waals surface area contributed by atoms with Crippen molar-refractivity contribution in [3.8, 4) is 0 Å². The average molecular weight is 271 g/mol. The number of hydrogen-bond acceptors (Lipinski definition) is 3. The Kier molecular flexibility index (Phi) is 6.47. The number of benzene rings is 1. The summed E-state index contributed by atoms with van der Waals surface area (Å²) in [7, 11) is 5.72. The van der Waals surface area contributed by atoms with Crippen molar-refractivity contribution < 1.29 is 4.74 Å². The molecule has 0 aliphatic rings. The van der Waals surface area contributed by atoms with Gasteiger partial charge in [-0.1, -0.05) is 17.7 Å². The van der Waals surface area contributed by atoms with E-state index < -0.39 is 0 Å². The lowest BCUT2D eigenvalue weighted by Gasteiger charge is -2.21. The van der Waals surface area contributed by atoms with E-state index in [1.807, 2.05) is 13.1 Å². The van der Waals surface area contributed by atoms with E-state index in [0.29, 0.717) is 6.04 Å². The molecule has 18 heavy (non-hydrogen) atoms. The highest BCUT2D eigenvalue weighted by Crippen LogP contribution is 2.28. The third-order valence-corrected chi connectivity index (χ3v) is 3.46. The van der Waals surface area contributed by atoms with Gasteiger partial charge in [0.25, 0.3) is 0 Å². The van der Waals surface area contributed by atoms with Crippen LogP contribution in [0.1, 0.15) is 24.9 Å². The summed E-state index contributed by atoms with van der Waals surface area (Å²) in [5.74, 6) is 0. The minimum Gasteiger partial charge on any atom is -0.385 e. The summed E-state index contributed by atoms with van der Waals surface area (Å²) in [5.41, 5.74) is 2.27. The van der Waals surface area contributed by atoms with E-state index in [0.717, 1.165) is 30.3 Å². The van der Waals surface area contributed by atoms with Crippen molar-refractivity contribution in [2.45, 2.75) is 19.4 Å². The number of methoxy groups -OCH3 is 1. The molecule has 0 saturated heterocycles. The predicted molar refractivity (Wildman–Crippen MR) is 78.7 cm³/mol. The lowest BCUT2D eigenvalue weighted by molar-refractivity contribution is 0.196. The van der Waals surface area contributed by atoms with Crippen LogP contribution in [-0.2, 0) is 4.74 Å². The van der Waals surface area contributed by atoms with Crippen molar-refractivity contribution >= 4 is 17.3 Å². The molecule has 0 aliphatic carbocycles. The molecule has 0 aliphatic heterocycles. The SMILES string of the molecule is CNC(C)c1ccc(N(C)CCCOC)c(Cl)c1. The zero-order valence-electron chi connectivity index (χ0n) is 11.7. The van der Waals surface area contributed by atoms with Crippen LogP contribution in [0.4, 0.5) is 5.69 Å². The normalized spacial score (nSPS) is 12.5. The van der Waals surface area contributed by atoms with Gasteiger partial charge in [-0.3, -0.25) is 0 Å². The number of ether oxygens (including phenoxy) is 1. The lowest BCUT2D eigenvalue weighted by Crippen LogP contribution is -2.20. The van der Waals surface area contributed by atoms with Crippen molar-refractivity contribution in [2.24, 2.45) is 0 Å². The summed E-state index contributed by atoms with van der Waals surface area (Å²) in [5, 5.41) is 4.01. The van der Waals surface area contributed by atoms with E-state index in [-0.39, 0.29) is 0 Å². The number of hydrogen-bond donors (Lipinski definition) is 1. The standard InChI is InChI=1S/C14H23ClN2O/c1-11(16-2)12-6-7-14(13(15)10-12)17(3)8-5-9-18-4/h6-7,10-11,16H,5,8-9H2,1-4H3. The van der Waals surface area contributed by atoms with Gasteiger partial charge in [0.2, 0.25) is 0 Å². The van der Waals surface area contributed by atoms with Crippen LogP contribution in [0.5, 0.6) is 0 Å². The van der Waals surface area contributed by atoms with Crippen LogP contribution in [0.2, 0.25) is 5.02 Å². The quantitative estimate of drug-likeness (QED) is 0.771. The summed E-state index contributed by atoms with van der Waals surface area (Å²) in [6, 6.07) is 6.55. The highest BCUT2D eigenvalue weighted by molar-refractivity contribution is 6.33. The smallest absolute Gasteiger partial charge is 0.0642 e. The van der Waals surface area contributed by atoms with E-state index in [1.54, 1.807) is 7.11 Å². The maximum atomic E-state index is 6.34. The lowest BCUT2D eigenvalue weighted by atomic mass is 10.1. The molecule has 0 radical (unpaired) electrons. The van der Waals surface area contributed by atoms with Crippen LogP contribution >= 0.6 is 11.6 Å². The minimum absolute atomic E-state index is 0.315. The highest BCUT2D eigenvalue weighted by Gasteiger charge is 2.09. The van der Waals surface area contributed by atoms with Gasteiger partial charge in [-0.15, -0.1) is 0 Å². The van der Waals surface area contributed by atoms with Crippen LogP contribution < -0.4 is 10.2 Å². The second-order valence-electron chi connectivity index (χ2n) is 4.49. The first-order valence-electron chi connectivity index (χ1n) is 6.27. The second-order valence-corrected chi connectivity index (χ2v) is 4.90. The molecule has 102 valence electrons. The fourth-order valence-electron chi connectivity index (χ4n) is 1.84. The molecule has 0 saturated carbocycles. The van der Waals surface area contributed by atoms with Gasteiger partial charge in [0, 0.05) is 33.4 Å². The van der Waals surface area contributed by atoms with Gasteiger partial charge in [-0.05, 0) is 38.1 Å². The van der Waals surface area contributed by atoms with Crippen LogP contribution in [0, 0.1) is 0 Å². The molecule has 0 heterocycles. The molecule has 0 aromatic heterocycles. The molecule has 1 aromatic carbocycles. The fourth-order valence-corrected chi connectivity index (χ4v) is 2.17. The second kappa shape index (κ2) is 7.62. The molecule has 1 atom stereocenters. The van der Waals surface area contributed by atoms with Crippen LogP contribution in [0.15, 0.2) is 18.2 Å². The summed E-state index contributed by atoms with van der Waals surface area (Å²) in [6.45, 7) is 3.83. The predicted octanol–water partition coefficient (Wildman–Crippen LogP) is 3.09. The van der Waals surface area contributed by atoms with Crippen molar-refractivity contribution in [1.29, 1.82) is 0 Å². The van der Waals surface area contributed by atoms with Crippen LogP contribution in [0.3, 0.4) is 0 Å². The maximum absolute atomic E-state index is 6.34. The van der Waals surface area contributed by atoms with Crippen molar-refractivity contribution in [2.75, 3.05) is 39.3 Å². The van der Waals surface area contributed by atoms with Gasteiger partial charge in [0.15, 0.2) is 0 Å². The third kappa shape index (κ3) is 4.16. The molecule has 0 spiro atoms. The molecule has 0 bridgehead atoms. The van der Waals surface area contributed by atoms with Gasteiger partial charge in [0.05, 0.1) is 10.7 Å². The molecule has 1 rings (SSSR count). The Morgan fingerprint density at radius 3 is 2.72 bits per heavy atom. The molecule has 1 aromatic rings. The van der Waals surface area contributed by atoms with Gasteiger partial charge in [-0.2, -0.15) is 0 Å². The number of rotatable bonds is 7. The van der Waals surface area contributed by atoms with Crippen LogP contribution in [0.25, 0.3) is 0 Å². The van der Waals surface area contributed by atoms with Gasteiger partial charge >= 0.3 is 0 Å². The van der Waals surface area contributed by atoms with Gasteiger partial charge < -0.3 is 15.0 Å². The molecule has 3 nitrogen and oxygen atoms in total. The zero-order chi connectivity index (χ0) is 13.5. The van der Waals surface area contributed by atoms with Crippen molar-refractivity contribution in [3.63, 3.8) is 0 Å². The first kappa shape index (κ1) is 15.3. The zero-order valence-corrected chi connectivity index (χ0v) is 12.4. The fraction of sp³-hybridized carbons (Fsp3) is 0.571. The largest absolute Gasteiger partial charge is 0.385 e. The van der Waals surface area contributed by atoms with E-state index in [1.165, 1.54) is 5.56 Å². The molecule has 0 fully saturated rings. The van der Waals surface area contributed by atoms with E-state index in [2.05, 4.69) is 36.3 Å². The third-order valence-electron chi connectivity index (χ3n) is 3.16. The van der Waals surface area contributed by atoms with Crippen molar-refractivity contribution in [1.82, 2.24) is 5.32 Å². The molecule has 1 N–H and O–H groups in total. The van der Waals surface area contributed by atoms with E-state index in [4.69, 9.17) is 16.3 Å². The Bertz CT molecular complexity index is 371. The minimum atomic E-state index is 0.315. The average Bonchev–Trinajstić information content (AvgIpc) is 2.37.